The van der Waals surface area contributed by atoms with E-state index in [1.165, 1.54) is 15.2 Å². The highest BCUT2D eigenvalue weighted by atomic mass is 79.9. The number of urea groups is 1. The van der Waals surface area contributed by atoms with Gasteiger partial charge >= 0.3 is 6.03 Å². The average molecular weight is 499 g/mol. The fourth-order valence-corrected chi connectivity index (χ4v) is 7.13. The van der Waals surface area contributed by atoms with Crippen molar-refractivity contribution in [2.45, 2.75) is 10.6 Å². The number of nitrogens with one attached hydrogen (secondary N) is 1. The van der Waals surface area contributed by atoms with Gasteiger partial charge in [0.2, 0.25) is 0 Å². The molecule has 3 heterocycles. The molecule has 1 fully saturated rings. The first-order valence-corrected chi connectivity index (χ1v) is 12.1. The SMILES string of the molecule is O=C(NCCc1ccc(Br)s1)N1CCN(S(=O)(=O)c2ccc(Cl)s2)CC1. The van der Waals surface area contributed by atoms with E-state index in [-0.39, 0.29) is 23.3 Å². The number of sulfonamides is 1. The summed E-state index contributed by atoms with van der Waals surface area (Å²) in [6.07, 6.45) is 0.773. The number of nitrogens with zero attached hydrogens (tertiary/aromatic N) is 2. The minimum atomic E-state index is -3.54. The van der Waals surface area contributed by atoms with Crippen molar-refractivity contribution in [1.82, 2.24) is 14.5 Å². The van der Waals surface area contributed by atoms with Gasteiger partial charge in [-0.1, -0.05) is 11.6 Å². The fourth-order valence-electron chi connectivity index (χ4n) is 2.59. The largest absolute Gasteiger partial charge is 0.338 e. The zero-order chi connectivity index (χ0) is 18.7. The van der Waals surface area contributed by atoms with Crippen molar-refractivity contribution < 1.29 is 13.2 Å². The molecular formula is C15H17BrClN3O3S3. The lowest BCUT2D eigenvalue weighted by Crippen LogP contribution is -2.53. The fraction of sp³-hybridized carbons (Fsp3) is 0.400. The molecule has 1 aliphatic heterocycles. The van der Waals surface area contributed by atoms with Gasteiger partial charge in [0.05, 0.1) is 8.12 Å². The lowest BCUT2D eigenvalue weighted by atomic mass is 10.3. The van der Waals surface area contributed by atoms with Gasteiger partial charge in [0.15, 0.2) is 0 Å². The van der Waals surface area contributed by atoms with E-state index in [0.717, 1.165) is 21.5 Å². The van der Waals surface area contributed by atoms with E-state index < -0.39 is 10.0 Å². The topological polar surface area (TPSA) is 69.7 Å². The Kier molecular flexibility index (Phi) is 6.63. The van der Waals surface area contributed by atoms with E-state index in [2.05, 4.69) is 21.2 Å². The normalized spacial score (nSPS) is 16.0. The second kappa shape index (κ2) is 8.57. The summed E-state index contributed by atoms with van der Waals surface area (Å²) in [5, 5.41) is 2.89. The number of hydrogen-bond donors (Lipinski definition) is 1. The van der Waals surface area contributed by atoms with Gasteiger partial charge in [0.25, 0.3) is 10.0 Å². The Morgan fingerprint density at radius 1 is 1.15 bits per heavy atom. The summed E-state index contributed by atoms with van der Waals surface area (Å²) in [7, 11) is -3.54. The molecule has 1 N–H and O–H groups in total. The molecule has 0 saturated carbocycles. The molecule has 6 nitrogen and oxygen atoms in total. The van der Waals surface area contributed by atoms with Gasteiger partial charge in [-0.3, -0.25) is 0 Å². The van der Waals surface area contributed by atoms with Crippen LogP contribution in [0.15, 0.2) is 32.3 Å². The Hall–Kier alpha value is -0.650. The number of hydrogen-bond acceptors (Lipinski definition) is 5. The quantitative estimate of drug-likeness (QED) is 0.686. The third kappa shape index (κ3) is 4.79. The zero-order valence-electron chi connectivity index (χ0n) is 13.7. The molecule has 3 rings (SSSR count). The first kappa shape index (κ1) is 20.1. The van der Waals surface area contributed by atoms with Gasteiger partial charge in [-0.2, -0.15) is 4.31 Å². The van der Waals surface area contributed by atoms with Crippen LogP contribution >= 0.6 is 50.2 Å². The van der Waals surface area contributed by atoms with Crippen LogP contribution in [-0.4, -0.2) is 56.4 Å². The molecule has 142 valence electrons. The van der Waals surface area contributed by atoms with Crippen LogP contribution in [0.2, 0.25) is 4.34 Å². The van der Waals surface area contributed by atoms with E-state index in [0.29, 0.717) is 24.0 Å². The van der Waals surface area contributed by atoms with E-state index in [1.54, 1.807) is 22.3 Å². The second-order valence-electron chi connectivity index (χ2n) is 5.64. The molecule has 1 aliphatic rings. The highest BCUT2D eigenvalue weighted by Gasteiger charge is 2.31. The Labute approximate surface area is 173 Å². The molecule has 2 aromatic heterocycles. The van der Waals surface area contributed by atoms with E-state index in [1.807, 2.05) is 12.1 Å². The van der Waals surface area contributed by atoms with Crippen molar-refractivity contribution >= 4 is 66.3 Å². The van der Waals surface area contributed by atoms with Crippen LogP contribution in [0.1, 0.15) is 4.88 Å². The zero-order valence-corrected chi connectivity index (χ0v) is 18.4. The predicted octanol–water partition coefficient (Wildman–Crippen LogP) is 3.48. The summed E-state index contributed by atoms with van der Waals surface area (Å²) in [4.78, 5) is 15.1. The first-order chi connectivity index (χ1) is 12.4. The number of thiophene rings is 2. The lowest BCUT2D eigenvalue weighted by Gasteiger charge is -2.33. The number of carbonyl (C=O) groups excluding carboxylic acids is 1. The van der Waals surface area contributed by atoms with Crippen LogP contribution < -0.4 is 5.32 Å². The third-order valence-corrected chi connectivity index (χ3v) is 9.23. The second-order valence-corrected chi connectivity index (χ2v) is 12.1. The highest BCUT2D eigenvalue weighted by Crippen LogP contribution is 2.28. The van der Waals surface area contributed by atoms with Crippen LogP contribution in [0.5, 0.6) is 0 Å². The van der Waals surface area contributed by atoms with E-state index in [4.69, 9.17) is 11.6 Å². The van der Waals surface area contributed by atoms with Crippen molar-refractivity contribution in [1.29, 1.82) is 0 Å². The van der Waals surface area contributed by atoms with Gasteiger partial charge in [-0.05, 0) is 46.6 Å². The third-order valence-electron chi connectivity index (χ3n) is 3.95. The Balaban J connectivity index is 1.47. The van der Waals surface area contributed by atoms with Crippen molar-refractivity contribution in [3.63, 3.8) is 0 Å². The number of carbonyl (C=O) groups is 1. The standard InChI is InChI=1S/C15H17BrClN3O3S3/c16-12-2-1-11(24-12)5-6-18-15(21)19-7-9-20(10-8-19)26(22,23)14-4-3-13(17)25-14/h1-4H,5-10H2,(H,18,21). The van der Waals surface area contributed by atoms with Crippen LogP contribution in [-0.2, 0) is 16.4 Å². The molecule has 0 radical (unpaired) electrons. The van der Waals surface area contributed by atoms with Crippen molar-refractivity contribution in [2.75, 3.05) is 32.7 Å². The van der Waals surface area contributed by atoms with Gasteiger partial charge in [0.1, 0.15) is 4.21 Å². The molecule has 0 aromatic carbocycles. The van der Waals surface area contributed by atoms with Gasteiger partial charge < -0.3 is 10.2 Å². The monoisotopic (exact) mass is 497 g/mol. The van der Waals surface area contributed by atoms with Crippen LogP contribution in [0, 0.1) is 0 Å². The van der Waals surface area contributed by atoms with Crippen LogP contribution in [0.4, 0.5) is 4.79 Å². The molecule has 2 amide bonds. The number of piperazine rings is 1. The molecule has 0 atom stereocenters. The summed E-state index contributed by atoms with van der Waals surface area (Å²) < 4.78 is 28.3. The van der Waals surface area contributed by atoms with Crippen LogP contribution in [0.25, 0.3) is 0 Å². The maximum Gasteiger partial charge on any atom is 0.317 e. The maximum absolute atomic E-state index is 12.6. The van der Waals surface area contributed by atoms with E-state index >= 15 is 0 Å². The Bertz CT molecular complexity index is 876. The molecule has 26 heavy (non-hydrogen) atoms. The molecule has 2 aromatic rings. The smallest absolute Gasteiger partial charge is 0.317 e. The number of amides is 2. The summed E-state index contributed by atoms with van der Waals surface area (Å²) in [6, 6.07) is 6.96. The summed E-state index contributed by atoms with van der Waals surface area (Å²) in [5.74, 6) is 0. The van der Waals surface area contributed by atoms with E-state index in [9.17, 15) is 13.2 Å². The molecule has 0 spiro atoms. The molecule has 0 unspecified atom stereocenters. The van der Waals surface area contributed by atoms with Gasteiger partial charge in [-0.25, -0.2) is 13.2 Å². The summed E-state index contributed by atoms with van der Waals surface area (Å²) in [5.41, 5.74) is 0. The first-order valence-electron chi connectivity index (χ1n) is 7.89. The predicted molar refractivity (Wildman–Crippen MR) is 109 cm³/mol. The Morgan fingerprint density at radius 2 is 1.88 bits per heavy atom. The summed E-state index contributed by atoms with van der Waals surface area (Å²) in [6.45, 7) is 1.85. The number of rotatable bonds is 5. The molecule has 1 saturated heterocycles. The molecular weight excluding hydrogens is 482 g/mol. The highest BCUT2D eigenvalue weighted by molar-refractivity contribution is 9.11. The van der Waals surface area contributed by atoms with Gasteiger partial charge in [0, 0.05) is 37.6 Å². The molecule has 11 heteroatoms. The summed E-state index contributed by atoms with van der Waals surface area (Å²) >= 11 is 11.9. The minimum absolute atomic E-state index is 0.156. The average Bonchev–Trinajstić information content (AvgIpc) is 3.23. The van der Waals surface area contributed by atoms with Crippen molar-refractivity contribution in [3.05, 3.63) is 37.3 Å². The number of halogens is 2. The van der Waals surface area contributed by atoms with Crippen LogP contribution in [0.3, 0.4) is 0 Å². The maximum atomic E-state index is 12.6. The lowest BCUT2D eigenvalue weighted by molar-refractivity contribution is 0.172. The molecule has 0 bridgehead atoms. The van der Waals surface area contributed by atoms with Crippen molar-refractivity contribution in [2.24, 2.45) is 0 Å². The Morgan fingerprint density at radius 3 is 2.46 bits per heavy atom. The van der Waals surface area contributed by atoms with Crippen molar-refractivity contribution in [3.8, 4) is 0 Å². The molecule has 0 aliphatic carbocycles. The van der Waals surface area contributed by atoms with Gasteiger partial charge in [-0.15, -0.1) is 22.7 Å². The minimum Gasteiger partial charge on any atom is -0.338 e.